The molecule has 0 aromatic heterocycles. The first-order chi connectivity index (χ1) is 16.3. The molecule has 1 fully saturated rings. The Morgan fingerprint density at radius 1 is 0.912 bits per heavy atom. The fourth-order valence-electron chi connectivity index (χ4n) is 4.43. The second kappa shape index (κ2) is 9.85. The molecule has 0 N–H and O–H groups in total. The van der Waals surface area contributed by atoms with Gasteiger partial charge in [0.2, 0.25) is 5.75 Å². The van der Waals surface area contributed by atoms with Crippen LogP contribution < -0.4 is 14.2 Å². The summed E-state index contributed by atoms with van der Waals surface area (Å²) < 4.78 is 46.3. The molecule has 0 unspecified atom stereocenters. The molecular formula is C24H28ClN3O5S. The lowest BCUT2D eigenvalue weighted by molar-refractivity contribution is 0.174. The number of benzene rings is 2. The lowest BCUT2D eigenvalue weighted by atomic mass is 10.1. The van der Waals surface area contributed by atoms with Crippen LogP contribution in [0.5, 0.6) is 17.2 Å². The predicted molar refractivity (Wildman–Crippen MR) is 133 cm³/mol. The van der Waals surface area contributed by atoms with Gasteiger partial charge in [-0.05, 0) is 30.7 Å². The highest BCUT2D eigenvalue weighted by Crippen LogP contribution is 2.40. The number of piperazine rings is 1. The van der Waals surface area contributed by atoms with Gasteiger partial charge in [0.15, 0.2) is 11.5 Å². The summed E-state index contributed by atoms with van der Waals surface area (Å²) in [5.41, 5.74) is 2.26. The van der Waals surface area contributed by atoms with E-state index in [1.807, 2.05) is 24.0 Å². The molecule has 2 aromatic rings. The molecule has 0 aliphatic carbocycles. The van der Waals surface area contributed by atoms with Crippen LogP contribution in [0.15, 0.2) is 46.4 Å². The SMILES string of the molecule is COc1ccc(CN2CCN(C3=NS(=O)(=O)C(c4ccc(Cl)cc4)=C3C)CC2)c(OC)c1OC. The summed E-state index contributed by atoms with van der Waals surface area (Å²) in [5.74, 6) is 2.37. The normalized spacial score (nSPS) is 18.1. The topological polar surface area (TPSA) is 80.7 Å². The fraction of sp³-hybridized carbons (Fsp3) is 0.375. The molecule has 0 saturated carbocycles. The molecule has 0 amide bonds. The molecule has 2 aromatic carbocycles. The molecule has 4 rings (SSSR count). The van der Waals surface area contributed by atoms with E-state index in [4.69, 9.17) is 25.8 Å². The van der Waals surface area contributed by atoms with Crippen LogP contribution in [0.4, 0.5) is 0 Å². The van der Waals surface area contributed by atoms with Gasteiger partial charge in [0.05, 0.1) is 21.3 Å². The lowest BCUT2D eigenvalue weighted by Crippen LogP contribution is -2.48. The largest absolute Gasteiger partial charge is 0.493 e. The fourth-order valence-corrected chi connectivity index (χ4v) is 6.04. The van der Waals surface area contributed by atoms with Gasteiger partial charge in [-0.25, -0.2) is 0 Å². The monoisotopic (exact) mass is 505 g/mol. The average Bonchev–Trinajstić information content (AvgIpc) is 3.08. The molecule has 10 heteroatoms. The summed E-state index contributed by atoms with van der Waals surface area (Å²) in [6.45, 7) is 5.31. The Kier molecular flexibility index (Phi) is 7.06. The van der Waals surface area contributed by atoms with E-state index < -0.39 is 10.0 Å². The smallest absolute Gasteiger partial charge is 0.285 e. The van der Waals surface area contributed by atoms with Gasteiger partial charge in [-0.1, -0.05) is 29.8 Å². The molecule has 8 nitrogen and oxygen atoms in total. The molecule has 0 atom stereocenters. The van der Waals surface area contributed by atoms with Gasteiger partial charge in [0.25, 0.3) is 10.0 Å². The molecule has 2 heterocycles. The van der Waals surface area contributed by atoms with Crippen molar-refractivity contribution in [3.8, 4) is 17.2 Å². The number of sulfonamides is 1. The molecule has 2 aliphatic rings. The number of rotatable bonds is 6. The standard InChI is InChI=1S/C24H28ClN3O5S/c1-16-23(17-5-8-19(25)9-6-17)34(29,30)26-24(16)28-13-11-27(12-14-28)15-18-7-10-20(31-2)22(33-4)21(18)32-3/h5-10H,11-15H2,1-4H3. The predicted octanol–water partition coefficient (Wildman–Crippen LogP) is 3.66. The van der Waals surface area contributed by atoms with Crippen molar-refractivity contribution in [2.24, 2.45) is 4.40 Å². The van der Waals surface area contributed by atoms with Crippen LogP contribution in [0.1, 0.15) is 18.1 Å². The van der Waals surface area contributed by atoms with Gasteiger partial charge in [0.1, 0.15) is 10.7 Å². The molecule has 34 heavy (non-hydrogen) atoms. The van der Waals surface area contributed by atoms with Crippen molar-refractivity contribution in [2.75, 3.05) is 47.5 Å². The lowest BCUT2D eigenvalue weighted by Gasteiger charge is -2.36. The zero-order valence-electron chi connectivity index (χ0n) is 19.7. The summed E-state index contributed by atoms with van der Waals surface area (Å²) in [6.07, 6.45) is 0. The van der Waals surface area contributed by atoms with Crippen molar-refractivity contribution >= 4 is 32.4 Å². The van der Waals surface area contributed by atoms with Gasteiger partial charge in [-0.3, -0.25) is 4.90 Å². The first-order valence-electron chi connectivity index (χ1n) is 10.9. The van der Waals surface area contributed by atoms with Crippen molar-refractivity contribution in [1.82, 2.24) is 9.80 Å². The van der Waals surface area contributed by atoms with E-state index in [0.717, 1.165) is 18.7 Å². The Bertz CT molecular complexity index is 1230. The summed E-state index contributed by atoms with van der Waals surface area (Å²) in [4.78, 5) is 4.58. The van der Waals surface area contributed by atoms with Crippen LogP contribution in [0.3, 0.4) is 0 Å². The first-order valence-corrected chi connectivity index (χ1v) is 12.7. The van der Waals surface area contributed by atoms with E-state index in [-0.39, 0.29) is 4.91 Å². The van der Waals surface area contributed by atoms with Gasteiger partial charge in [0, 0.05) is 48.9 Å². The number of halogens is 1. The van der Waals surface area contributed by atoms with E-state index in [9.17, 15) is 8.42 Å². The number of methoxy groups -OCH3 is 3. The Morgan fingerprint density at radius 2 is 1.56 bits per heavy atom. The molecule has 0 radical (unpaired) electrons. The van der Waals surface area contributed by atoms with Crippen molar-refractivity contribution in [1.29, 1.82) is 0 Å². The van der Waals surface area contributed by atoms with E-state index in [1.54, 1.807) is 45.6 Å². The Morgan fingerprint density at radius 3 is 2.15 bits per heavy atom. The summed E-state index contributed by atoms with van der Waals surface area (Å²) in [7, 11) is 1.04. The third-order valence-electron chi connectivity index (χ3n) is 6.10. The van der Waals surface area contributed by atoms with Gasteiger partial charge in [-0.2, -0.15) is 8.42 Å². The molecule has 1 saturated heterocycles. The molecule has 0 spiro atoms. The van der Waals surface area contributed by atoms with Crippen LogP contribution in [0.25, 0.3) is 4.91 Å². The number of hydrogen-bond acceptors (Lipinski definition) is 7. The zero-order valence-corrected chi connectivity index (χ0v) is 21.2. The first kappa shape index (κ1) is 24.4. The number of ether oxygens (including phenoxy) is 3. The summed E-state index contributed by atoms with van der Waals surface area (Å²) in [6, 6.07) is 10.7. The third-order valence-corrected chi connectivity index (χ3v) is 7.82. The van der Waals surface area contributed by atoms with Gasteiger partial charge >= 0.3 is 0 Å². The van der Waals surface area contributed by atoms with E-state index in [1.165, 1.54) is 0 Å². The van der Waals surface area contributed by atoms with Crippen LogP contribution >= 0.6 is 11.6 Å². The number of amidine groups is 1. The summed E-state index contributed by atoms with van der Waals surface area (Å²) >= 11 is 5.97. The minimum atomic E-state index is -3.76. The Balaban J connectivity index is 1.49. The highest BCUT2D eigenvalue weighted by atomic mass is 35.5. The van der Waals surface area contributed by atoms with E-state index >= 15 is 0 Å². The third kappa shape index (κ3) is 4.60. The van der Waals surface area contributed by atoms with Gasteiger partial charge in [-0.15, -0.1) is 4.40 Å². The molecule has 0 bridgehead atoms. The van der Waals surface area contributed by atoms with E-state index in [2.05, 4.69) is 9.30 Å². The number of hydrogen-bond donors (Lipinski definition) is 0. The van der Waals surface area contributed by atoms with Gasteiger partial charge < -0.3 is 19.1 Å². The molecule has 2 aliphatic heterocycles. The van der Waals surface area contributed by atoms with Crippen LogP contribution in [-0.4, -0.2) is 71.6 Å². The van der Waals surface area contributed by atoms with Crippen molar-refractivity contribution in [3.05, 3.63) is 58.1 Å². The Labute approximate surface area is 205 Å². The second-order valence-electron chi connectivity index (χ2n) is 8.11. The van der Waals surface area contributed by atoms with E-state index in [0.29, 0.717) is 58.9 Å². The number of nitrogens with zero attached hydrogens (tertiary/aromatic N) is 3. The molecule has 182 valence electrons. The maximum absolute atomic E-state index is 12.8. The maximum atomic E-state index is 12.8. The van der Waals surface area contributed by atoms with Crippen molar-refractivity contribution < 1.29 is 22.6 Å². The van der Waals surface area contributed by atoms with Crippen molar-refractivity contribution in [2.45, 2.75) is 13.5 Å². The quantitative estimate of drug-likeness (QED) is 0.592. The van der Waals surface area contributed by atoms with Crippen LogP contribution in [0.2, 0.25) is 5.02 Å². The van der Waals surface area contributed by atoms with Crippen LogP contribution in [0, 0.1) is 0 Å². The second-order valence-corrected chi connectivity index (χ2v) is 10.1. The highest BCUT2D eigenvalue weighted by molar-refractivity contribution is 8.00. The van der Waals surface area contributed by atoms with Crippen molar-refractivity contribution in [3.63, 3.8) is 0 Å². The average molecular weight is 506 g/mol. The zero-order chi connectivity index (χ0) is 24.5. The maximum Gasteiger partial charge on any atom is 0.285 e. The minimum absolute atomic E-state index is 0.247. The summed E-state index contributed by atoms with van der Waals surface area (Å²) in [5, 5.41) is 0.556. The Hall–Kier alpha value is -2.75. The highest BCUT2D eigenvalue weighted by Gasteiger charge is 2.34. The molecular weight excluding hydrogens is 478 g/mol. The van der Waals surface area contributed by atoms with Crippen LogP contribution in [-0.2, 0) is 16.6 Å². The minimum Gasteiger partial charge on any atom is -0.493 e.